The number of rotatable bonds is 6. The maximum absolute atomic E-state index is 8.74. The van der Waals surface area contributed by atoms with Gasteiger partial charge in [-0.3, -0.25) is 4.90 Å². The Hall–Kier alpha value is -1.53. The van der Waals surface area contributed by atoms with Crippen molar-refractivity contribution in [2.45, 2.75) is 38.8 Å². The average Bonchev–Trinajstić information content (AvgIpc) is 2.38. The minimum absolute atomic E-state index is 0.278. The number of hydrogen-bond acceptors (Lipinski definition) is 3. The van der Waals surface area contributed by atoms with Crippen molar-refractivity contribution < 1.29 is 4.74 Å². The first-order valence-corrected chi connectivity index (χ1v) is 6.31. The largest absolute Gasteiger partial charge is 0.496 e. The Balaban J connectivity index is 2.69. The van der Waals surface area contributed by atoms with Crippen LogP contribution in [0.5, 0.6) is 5.75 Å². The van der Waals surface area contributed by atoms with Crippen molar-refractivity contribution >= 4 is 0 Å². The summed E-state index contributed by atoms with van der Waals surface area (Å²) in [6, 6.07) is 11.0. The van der Waals surface area contributed by atoms with Crippen molar-refractivity contribution in [3.8, 4) is 11.8 Å². The molecule has 18 heavy (non-hydrogen) atoms. The summed E-state index contributed by atoms with van der Waals surface area (Å²) >= 11 is 0. The molecule has 1 rings (SSSR count). The van der Waals surface area contributed by atoms with Crippen molar-refractivity contribution in [1.29, 1.82) is 5.26 Å². The van der Waals surface area contributed by atoms with Crippen LogP contribution in [-0.4, -0.2) is 31.1 Å². The van der Waals surface area contributed by atoms with Crippen molar-refractivity contribution in [2.24, 2.45) is 0 Å². The van der Waals surface area contributed by atoms with Gasteiger partial charge in [0.05, 0.1) is 19.6 Å². The third-order valence-corrected chi connectivity index (χ3v) is 3.49. The lowest BCUT2D eigenvalue weighted by molar-refractivity contribution is 0.196. The maximum Gasteiger partial charge on any atom is 0.122 e. The Labute approximate surface area is 110 Å². The molecular formula is C15H22N2O. The monoisotopic (exact) mass is 246 g/mol. The third-order valence-electron chi connectivity index (χ3n) is 3.49. The van der Waals surface area contributed by atoms with E-state index in [-0.39, 0.29) is 6.04 Å². The lowest BCUT2D eigenvalue weighted by Crippen LogP contribution is -2.37. The van der Waals surface area contributed by atoms with Crippen LogP contribution in [0.15, 0.2) is 24.3 Å². The van der Waals surface area contributed by atoms with Gasteiger partial charge in [-0.1, -0.05) is 18.2 Å². The molecule has 2 unspecified atom stereocenters. The highest BCUT2D eigenvalue weighted by Gasteiger charge is 2.17. The van der Waals surface area contributed by atoms with E-state index < -0.39 is 0 Å². The van der Waals surface area contributed by atoms with Crippen molar-refractivity contribution in [1.82, 2.24) is 4.90 Å². The lowest BCUT2D eigenvalue weighted by atomic mass is 10.0. The molecule has 0 N–H and O–H groups in total. The zero-order chi connectivity index (χ0) is 13.5. The molecule has 2 atom stereocenters. The Morgan fingerprint density at radius 1 is 1.28 bits per heavy atom. The maximum atomic E-state index is 8.74. The smallest absolute Gasteiger partial charge is 0.122 e. The predicted molar refractivity (Wildman–Crippen MR) is 73.6 cm³/mol. The second kappa shape index (κ2) is 7.03. The SMILES string of the molecule is COc1ccccc1CC(C)N(C)C(C)CC#N. The molecule has 0 saturated heterocycles. The summed E-state index contributed by atoms with van der Waals surface area (Å²) in [5, 5.41) is 8.74. The van der Waals surface area contributed by atoms with Crippen molar-refractivity contribution in [3.05, 3.63) is 29.8 Å². The second-order valence-electron chi connectivity index (χ2n) is 4.74. The van der Waals surface area contributed by atoms with Gasteiger partial charge in [0.1, 0.15) is 5.75 Å². The van der Waals surface area contributed by atoms with Gasteiger partial charge in [-0.25, -0.2) is 0 Å². The van der Waals surface area contributed by atoms with E-state index in [4.69, 9.17) is 10.00 Å². The molecular weight excluding hydrogens is 224 g/mol. The molecule has 0 bridgehead atoms. The molecule has 1 aromatic carbocycles. The minimum atomic E-state index is 0.278. The Morgan fingerprint density at radius 2 is 1.94 bits per heavy atom. The minimum Gasteiger partial charge on any atom is -0.496 e. The van der Waals surface area contributed by atoms with Gasteiger partial charge in [0, 0.05) is 12.1 Å². The average molecular weight is 246 g/mol. The van der Waals surface area contributed by atoms with E-state index in [1.165, 1.54) is 5.56 Å². The summed E-state index contributed by atoms with van der Waals surface area (Å²) in [4.78, 5) is 2.25. The van der Waals surface area contributed by atoms with Crippen molar-refractivity contribution in [3.63, 3.8) is 0 Å². The number of likely N-dealkylation sites (N-methyl/N-ethyl adjacent to an activating group) is 1. The van der Waals surface area contributed by atoms with Crippen LogP contribution in [0.25, 0.3) is 0 Å². The van der Waals surface area contributed by atoms with E-state index in [1.807, 2.05) is 18.2 Å². The normalized spacial score (nSPS) is 14.0. The van der Waals surface area contributed by atoms with Crippen LogP contribution in [-0.2, 0) is 6.42 Å². The van der Waals surface area contributed by atoms with Gasteiger partial charge < -0.3 is 4.74 Å². The molecule has 0 radical (unpaired) electrons. The topological polar surface area (TPSA) is 36.3 Å². The highest BCUT2D eigenvalue weighted by Crippen LogP contribution is 2.21. The molecule has 0 amide bonds. The van der Waals surface area contributed by atoms with Crippen molar-refractivity contribution in [2.75, 3.05) is 14.2 Å². The van der Waals surface area contributed by atoms with Crippen LogP contribution in [0.1, 0.15) is 25.8 Å². The predicted octanol–water partition coefficient (Wildman–Crippen LogP) is 2.86. The summed E-state index contributed by atoms with van der Waals surface area (Å²) in [5.41, 5.74) is 1.21. The molecule has 0 aliphatic carbocycles. The number of para-hydroxylation sites is 1. The Morgan fingerprint density at radius 3 is 2.56 bits per heavy atom. The number of nitrogens with zero attached hydrogens (tertiary/aromatic N) is 2. The number of hydrogen-bond donors (Lipinski definition) is 0. The van der Waals surface area contributed by atoms with Crippen LogP contribution >= 0.6 is 0 Å². The standard InChI is InChI=1S/C15H22N2O/c1-12(9-10-16)17(3)13(2)11-14-7-5-6-8-15(14)18-4/h5-8,12-13H,9,11H2,1-4H3. The summed E-state index contributed by atoms with van der Waals surface area (Å²) < 4.78 is 5.36. The highest BCUT2D eigenvalue weighted by atomic mass is 16.5. The summed E-state index contributed by atoms with van der Waals surface area (Å²) in [6.07, 6.45) is 1.49. The molecule has 0 fully saturated rings. The fourth-order valence-corrected chi connectivity index (χ4v) is 2.04. The van der Waals surface area contributed by atoms with E-state index >= 15 is 0 Å². The highest BCUT2D eigenvalue weighted by molar-refractivity contribution is 5.33. The van der Waals surface area contributed by atoms with Gasteiger partial charge in [0.25, 0.3) is 0 Å². The van der Waals surface area contributed by atoms with Gasteiger partial charge in [-0.15, -0.1) is 0 Å². The zero-order valence-electron chi connectivity index (χ0n) is 11.7. The quantitative estimate of drug-likeness (QED) is 0.774. The van der Waals surface area contributed by atoms with Crippen LogP contribution < -0.4 is 4.74 Å². The molecule has 3 heteroatoms. The van der Waals surface area contributed by atoms with E-state index in [2.05, 4.69) is 37.9 Å². The van der Waals surface area contributed by atoms with E-state index in [0.29, 0.717) is 12.5 Å². The Kier molecular flexibility index (Phi) is 5.67. The first kappa shape index (κ1) is 14.5. The van der Waals surface area contributed by atoms with Crippen LogP contribution in [0.3, 0.4) is 0 Å². The Bertz CT molecular complexity index is 411. The summed E-state index contributed by atoms with van der Waals surface area (Å²) in [7, 11) is 3.77. The van der Waals surface area contributed by atoms with Crippen LogP contribution in [0.4, 0.5) is 0 Å². The van der Waals surface area contributed by atoms with Gasteiger partial charge in [0.2, 0.25) is 0 Å². The molecule has 0 heterocycles. The van der Waals surface area contributed by atoms with Crippen LogP contribution in [0, 0.1) is 11.3 Å². The first-order chi connectivity index (χ1) is 8.60. The summed E-state index contributed by atoms with van der Waals surface area (Å²) in [6.45, 7) is 4.27. The van der Waals surface area contributed by atoms with E-state index in [0.717, 1.165) is 12.2 Å². The number of nitriles is 1. The molecule has 3 nitrogen and oxygen atoms in total. The molecule has 0 saturated carbocycles. The van der Waals surface area contributed by atoms with Gasteiger partial charge in [-0.05, 0) is 38.9 Å². The lowest BCUT2D eigenvalue weighted by Gasteiger charge is -2.29. The number of benzene rings is 1. The molecule has 1 aromatic rings. The molecule has 0 aliphatic rings. The number of methoxy groups -OCH3 is 1. The fourth-order valence-electron chi connectivity index (χ4n) is 2.04. The molecule has 0 spiro atoms. The second-order valence-corrected chi connectivity index (χ2v) is 4.74. The third kappa shape index (κ3) is 3.75. The fraction of sp³-hybridized carbons (Fsp3) is 0.533. The van der Waals surface area contributed by atoms with Crippen LogP contribution in [0.2, 0.25) is 0 Å². The van der Waals surface area contributed by atoms with Gasteiger partial charge >= 0.3 is 0 Å². The molecule has 98 valence electrons. The van der Waals surface area contributed by atoms with E-state index in [1.54, 1.807) is 7.11 Å². The first-order valence-electron chi connectivity index (χ1n) is 6.31. The molecule has 0 aliphatic heterocycles. The zero-order valence-corrected chi connectivity index (χ0v) is 11.7. The summed E-state index contributed by atoms with van der Waals surface area (Å²) in [5.74, 6) is 0.936. The number of ether oxygens (including phenoxy) is 1. The molecule has 0 aromatic heterocycles. The van der Waals surface area contributed by atoms with E-state index in [9.17, 15) is 0 Å². The van der Waals surface area contributed by atoms with Gasteiger partial charge in [0.15, 0.2) is 0 Å². The van der Waals surface area contributed by atoms with Gasteiger partial charge in [-0.2, -0.15) is 5.26 Å².